The molecule has 0 saturated carbocycles. The lowest BCUT2D eigenvalue weighted by Gasteiger charge is -1.97. The van der Waals surface area contributed by atoms with Crippen LogP contribution in [0.3, 0.4) is 0 Å². The summed E-state index contributed by atoms with van der Waals surface area (Å²) in [5.41, 5.74) is 5.39. The van der Waals surface area contributed by atoms with Crippen molar-refractivity contribution in [2.75, 3.05) is 12.3 Å². The van der Waals surface area contributed by atoms with E-state index in [1.54, 1.807) is 6.92 Å². The Kier molecular flexibility index (Phi) is 2.54. The predicted octanol–water partition coefficient (Wildman–Crippen LogP) is 0.822. The van der Waals surface area contributed by atoms with Crippen LogP contribution in [0.1, 0.15) is 17.4 Å². The molecule has 0 spiro atoms. The monoisotopic (exact) mass is 189 g/mol. The van der Waals surface area contributed by atoms with Crippen LogP contribution in [0.2, 0.25) is 5.02 Å². The molecule has 0 aromatic carbocycles. The number of anilines is 1. The zero-order valence-electron chi connectivity index (χ0n) is 6.43. The average molecular weight is 190 g/mol. The van der Waals surface area contributed by atoms with Crippen molar-refractivity contribution >= 4 is 23.4 Å². The lowest BCUT2D eigenvalue weighted by Crippen LogP contribution is -2.05. The number of ether oxygens (including phenoxy) is 1. The van der Waals surface area contributed by atoms with Crippen molar-refractivity contribution in [3.05, 3.63) is 10.7 Å². The molecule has 1 rings (SSSR count). The molecule has 1 aromatic rings. The molecule has 0 fully saturated rings. The minimum atomic E-state index is -0.549. The van der Waals surface area contributed by atoms with Gasteiger partial charge >= 0.3 is 5.97 Å². The number of nitrogens with zero attached hydrogens (tertiary/aromatic N) is 1. The summed E-state index contributed by atoms with van der Waals surface area (Å²) in [6.45, 7) is 1.99. The molecule has 0 amide bonds. The van der Waals surface area contributed by atoms with Gasteiger partial charge in [0.15, 0.2) is 11.5 Å². The second kappa shape index (κ2) is 3.44. The number of aromatic amines is 1. The van der Waals surface area contributed by atoms with Gasteiger partial charge in [-0.15, -0.1) is 0 Å². The van der Waals surface area contributed by atoms with Gasteiger partial charge in [0.2, 0.25) is 0 Å². The van der Waals surface area contributed by atoms with Crippen molar-refractivity contribution in [1.29, 1.82) is 0 Å². The molecule has 0 aliphatic rings. The molecule has 1 heterocycles. The standard InChI is InChI=1S/C6H8ClN3O2/c1-2-12-6(11)4-3(7)5(8)10-9-4/h2H2,1H3,(H3,8,9,10). The molecule has 0 saturated heterocycles. The van der Waals surface area contributed by atoms with Crippen molar-refractivity contribution in [3.8, 4) is 0 Å². The minimum absolute atomic E-state index is 0.0935. The van der Waals surface area contributed by atoms with Crippen LogP contribution < -0.4 is 5.73 Å². The first-order valence-corrected chi connectivity index (χ1v) is 3.71. The van der Waals surface area contributed by atoms with E-state index in [0.717, 1.165) is 0 Å². The Balaban J connectivity index is 2.88. The SMILES string of the molecule is CCOC(=O)c1[nH]nc(N)c1Cl. The van der Waals surface area contributed by atoms with Gasteiger partial charge < -0.3 is 10.5 Å². The quantitative estimate of drug-likeness (QED) is 0.675. The summed E-state index contributed by atoms with van der Waals surface area (Å²) in [5, 5.41) is 6.02. The maximum Gasteiger partial charge on any atom is 0.357 e. The fourth-order valence-electron chi connectivity index (χ4n) is 0.681. The van der Waals surface area contributed by atoms with Crippen molar-refractivity contribution in [1.82, 2.24) is 10.2 Å². The van der Waals surface area contributed by atoms with Gasteiger partial charge in [0.1, 0.15) is 5.02 Å². The zero-order chi connectivity index (χ0) is 9.14. The number of H-pyrrole nitrogens is 1. The molecule has 0 aliphatic heterocycles. The van der Waals surface area contributed by atoms with Crippen LogP contribution in [0, 0.1) is 0 Å². The van der Waals surface area contributed by atoms with Crippen molar-refractivity contribution in [2.24, 2.45) is 0 Å². The first-order chi connectivity index (χ1) is 5.66. The maximum atomic E-state index is 11.0. The van der Waals surface area contributed by atoms with Crippen molar-refractivity contribution < 1.29 is 9.53 Å². The van der Waals surface area contributed by atoms with Gasteiger partial charge in [0, 0.05) is 0 Å². The number of nitrogen functional groups attached to an aromatic ring is 1. The van der Waals surface area contributed by atoms with E-state index in [0.29, 0.717) is 0 Å². The first-order valence-electron chi connectivity index (χ1n) is 3.33. The van der Waals surface area contributed by atoms with Crippen LogP contribution in [0.5, 0.6) is 0 Å². The summed E-state index contributed by atoms with van der Waals surface area (Å²) in [6, 6.07) is 0. The number of nitrogens with two attached hydrogens (primary N) is 1. The van der Waals surface area contributed by atoms with Gasteiger partial charge in [-0.05, 0) is 6.92 Å². The highest BCUT2D eigenvalue weighted by atomic mass is 35.5. The minimum Gasteiger partial charge on any atom is -0.461 e. The molecule has 0 radical (unpaired) electrons. The fraction of sp³-hybridized carbons (Fsp3) is 0.333. The van der Waals surface area contributed by atoms with Crippen molar-refractivity contribution in [3.63, 3.8) is 0 Å². The van der Waals surface area contributed by atoms with Crippen LogP contribution in [-0.4, -0.2) is 22.8 Å². The molecule has 0 bridgehead atoms. The Morgan fingerprint density at radius 2 is 2.50 bits per heavy atom. The lowest BCUT2D eigenvalue weighted by molar-refractivity contribution is 0.0519. The molecule has 0 aliphatic carbocycles. The normalized spacial score (nSPS) is 9.83. The summed E-state index contributed by atoms with van der Waals surface area (Å²) in [7, 11) is 0. The molecule has 3 N–H and O–H groups in total. The number of rotatable bonds is 2. The van der Waals surface area contributed by atoms with E-state index in [4.69, 9.17) is 17.3 Å². The predicted molar refractivity (Wildman–Crippen MR) is 44.0 cm³/mol. The van der Waals surface area contributed by atoms with E-state index >= 15 is 0 Å². The third-order valence-electron chi connectivity index (χ3n) is 1.21. The Bertz CT molecular complexity index is 297. The topological polar surface area (TPSA) is 81.0 Å². The van der Waals surface area contributed by atoms with E-state index in [2.05, 4.69) is 14.9 Å². The summed E-state index contributed by atoms with van der Waals surface area (Å²) in [4.78, 5) is 11.0. The molecule has 5 nitrogen and oxygen atoms in total. The highest BCUT2D eigenvalue weighted by molar-refractivity contribution is 6.35. The third kappa shape index (κ3) is 1.50. The first kappa shape index (κ1) is 8.86. The molecular formula is C6H8ClN3O2. The molecule has 1 aromatic heterocycles. The molecule has 66 valence electrons. The molecular weight excluding hydrogens is 182 g/mol. The van der Waals surface area contributed by atoms with Gasteiger partial charge in [0.05, 0.1) is 6.61 Å². The van der Waals surface area contributed by atoms with E-state index in [1.165, 1.54) is 0 Å². The van der Waals surface area contributed by atoms with E-state index in [-0.39, 0.29) is 23.1 Å². The van der Waals surface area contributed by atoms with Gasteiger partial charge in [-0.3, -0.25) is 5.10 Å². The number of halogens is 1. The number of nitrogens with one attached hydrogen (secondary N) is 1. The second-order valence-corrected chi connectivity index (χ2v) is 2.40. The van der Waals surface area contributed by atoms with Crippen molar-refractivity contribution in [2.45, 2.75) is 6.92 Å². The number of carbonyl (C=O) groups excluding carboxylic acids is 1. The Labute approximate surface area is 73.8 Å². The molecule has 12 heavy (non-hydrogen) atoms. The number of hydrogen-bond donors (Lipinski definition) is 2. The van der Waals surface area contributed by atoms with Crippen LogP contribution in [0.25, 0.3) is 0 Å². The smallest absolute Gasteiger partial charge is 0.357 e. The molecule has 0 atom stereocenters. The van der Waals surface area contributed by atoms with Crippen LogP contribution in [-0.2, 0) is 4.74 Å². The lowest BCUT2D eigenvalue weighted by atomic mass is 10.4. The number of hydrogen-bond acceptors (Lipinski definition) is 4. The Morgan fingerprint density at radius 3 is 2.92 bits per heavy atom. The summed E-state index contributed by atoms with van der Waals surface area (Å²) < 4.78 is 4.67. The zero-order valence-corrected chi connectivity index (χ0v) is 7.18. The van der Waals surface area contributed by atoms with Gasteiger partial charge in [0.25, 0.3) is 0 Å². The maximum absolute atomic E-state index is 11.0. The summed E-state index contributed by atoms with van der Waals surface area (Å²) in [5.74, 6) is -0.452. The highest BCUT2D eigenvalue weighted by Crippen LogP contribution is 2.20. The van der Waals surface area contributed by atoms with Gasteiger partial charge in [-0.1, -0.05) is 11.6 Å². The van der Waals surface area contributed by atoms with E-state index < -0.39 is 5.97 Å². The van der Waals surface area contributed by atoms with Gasteiger partial charge in [-0.2, -0.15) is 5.10 Å². The summed E-state index contributed by atoms with van der Waals surface area (Å²) in [6.07, 6.45) is 0. The Morgan fingerprint density at radius 1 is 1.83 bits per heavy atom. The molecule has 0 unspecified atom stereocenters. The Hall–Kier alpha value is -1.23. The number of carbonyl (C=O) groups is 1. The summed E-state index contributed by atoms with van der Waals surface area (Å²) >= 11 is 5.62. The fourth-order valence-corrected chi connectivity index (χ4v) is 0.843. The van der Waals surface area contributed by atoms with Crippen LogP contribution in [0.15, 0.2) is 0 Å². The van der Waals surface area contributed by atoms with E-state index in [1.807, 2.05) is 0 Å². The third-order valence-corrected chi connectivity index (χ3v) is 1.59. The highest BCUT2D eigenvalue weighted by Gasteiger charge is 2.16. The number of aromatic nitrogens is 2. The second-order valence-electron chi connectivity index (χ2n) is 2.02. The van der Waals surface area contributed by atoms with Crippen LogP contribution >= 0.6 is 11.6 Å². The number of esters is 1. The van der Waals surface area contributed by atoms with E-state index in [9.17, 15) is 4.79 Å². The van der Waals surface area contributed by atoms with Gasteiger partial charge in [-0.25, -0.2) is 4.79 Å². The molecule has 6 heteroatoms. The average Bonchev–Trinajstić information content (AvgIpc) is 2.34. The largest absolute Gasteiger partial charge is 0.461 e. The van der Waals surface area contributed by atoms with Crippen LogP contribution in [0.4, 0.5) is 5.82 Å².